The minimum Gasteiger partial charge on any atom is -0.504 e. The molecule has 3 heteroatoms. The molecule has 1 aromatic carbocycles. The summed E-state index contributed by atoms with van der Waals surface area (Å²) in [7, 11) is 0. The van der Waals surface area contributed by atoms with Crippen LogP contribution in [0, 0.1) is 10.8 Å². The van der Waals surface area contributed by atoms with Crippen LogP contribution in [-0.4, -0.2) is 15.3 Å². The van der Waals surface area contributed by atoms with E-state index in [0.717, 1.165) is 12.0 Å². The summed E-state index contributed by atoms with van der Waals surface area (Å²) in [5.74, 6) is -1.01. The molecule has 0 radical (unpaired) electrons. The lowest BCUT2D eigenvalue weighted by molar-refractivity contribution is 0.134. The van der Waals surface area contributed by atoms with Gasteiger partial charge in [-0.15, -0.1) is 0 Å². The standard InChI is InChI=1S/C17H28O3/c1-15(2,3)10-17(7,16(4,5)6)11-8-12(18)14(20)13(19)9-11/h8-9,18-20H,10H2,1-7H3. The molecule has 0 saturated heterocycles. The molecule has 0 amide bonds. The fourth-order valence-corrected chi connectivity index (χ4v) is 2.78. The lowest BCUT2D eigenvalue weighted by Gasteiger charge is -2.46. The number of aromatic hydroxyl groups is 3. The Bertz CT molecular complexity index is 469. The van der Waals surface area contributed by atoms with Gasteiger partial charge in [0.25, 0.3) is 0 Å². The predicted octanol–water partition coefficient (Wildman–Crippen LogP) is 4.54. The van der Waals surface area contributed by atoms with Crippen LogP contribution in [0.4, 0.5) is 0 Å². The van der Waals surface area contributed by atoms with E-state index in [9.17, 15) is 15.3 Å². The highest BCUT2D eigenvalue weighted by molar-refractivity contribution is 5.53. The molecule has 20 heavy (non-hydrogen) atoms. The summed E-state index contributed by atoms with van der Waals surface area (Å²) < 4.78 is 0. The summed E-state index contributed by atoms with van der Waals surface area (Å²) >= 11 is 0. The second-order valence-corrected chi connectivity index (χ2v) is 8.18. The van der Waals surface area contributed by atoms with Crippen molar-refractivity contribution in [2.45, 2.75) is 60.3 Å². The summed E-state index contributed by atoms with van der Waals surface area (Å²) in [6.07, 6.45) is 0.896. The highest BCUT2D eigenvalue weighted by atomic mass is 16.3. The van der Waals surface area contributed by atoms with Crippen LogP contribution in [0.15, 0.2) is 12.1 Å². The van der Waals surface area contributed by atoms with Crippen LogP contribution in [0.3, 0.4) is 0 Å². The minimum absolute atomic E-state index is 0.0594. The lowest BCUT2D eigenvalue weighted by Crippen LogP contribution is -2.40. The Hall–Kier alpha value is -1.38. The van der Waals surface area contributed by atoms with E-state index in [2.05, 4.69) is 48.5 Å². The Morgan fingerprint density at radius 1 is 0.800 bits per heavy atom. The zero-order chi connectivity index (χ0) is 15.9. The van der Waals surface area contributed by atoms with Crippen molar-refractivity contribution in [2.75, 3.05) is 0 Å². The van der Waals surface area contributed by atoms with Crippen LogP contribution in [0.2, 0.25) is 0 Å². The number of hydrogen-bond donors (Lipinski definition) is 3. The number of hydrogen-bond acceptors (Lipinski definition) is 3. The van der Waals surface area contributed by atoms with Gasteiger partial charge in [-0.25, -0.2) is 0 Å². The number of phenols is 3. The van der Waals surface area contributed by atoms with Gasteiger partial charge in [-0.1, -0.05) is 48.5 Å². The molecule has 1 unspecified atom stereocenters. The monoisotopic (exact) mass is 280 g/mol. The third-order valence-electron chi connectivity index (χ3n) is 4.25. The van der Waals surface area contributed by atoms with Crippen LogP contribution in [0.5, 0.6) is 17.2 Å². The first-order chi connectivity index (χ1) is 8.78. The summed E-state index contributed by atoms with van der Waals surface area (Å²) in [6, 6.07) is 3.12. The fraction of sp³-hybridized carbons (Fsp3) is 0.647. The van der Waals surface area contributed by atoms with E-state index in [4.69, 9.17) is 0 Å². The highest BCUT2D eigenvalue weighted by Gasteiger charge is 2.42. The van der Waals surface area contributed by atoms with Crippen molar-refractivity contribution < 1.29 is 15.3 Å². The largest absolute Gasteiger partial charge is 0.504 e. The fourth-order valence-electron chi connectivity index (χ4n) is 2.78. The zero-order valence-electron chi connectivity index (χ0n) is 13.7. The predicted molar refractivity (Wildman–Crippen MR) is 82.3 cm³/mol. The van der Waals surface area contributed by atoms with E-state index in [1.165, 1.54) is 0 Å². The van der Waals surface area contributed by atoms with Crippen molar-refractivity contribution in [2.24, 2.45) is 10.8 Å². The Kier molecular flexibility index (Phi) is 4.06. The van der Waals surface area contributed by atoms with Gasteiger partial charge in [0.05, 0.1) is 0 Å². The van der Waals surface area contributed by atoms with Crippen molar-refractivity contribution in [1.29, 1.82) is 0 Å². The molecule has 3 nitrogen and oxygen atoms in total. The van der Waals surface area contributed by atoms with E-state index in [-0.39, 0.29) is 27.7 Å². The van der Waals surface area contributed by atoms with Gasteiger partial charge in [0.15, 0.2) is 17.2 Å². The second-order valence-electron chi connectivity index (χ2n) is 8.18. The van der Waals surface area contributed by atoms with Crippen LogP contribution in [-0.2, 0) is 5.41 Å². The van der Waals surface area contributed by atoms with E-state index in [1.54, 1.807) is 12.1 Å². The van der Waals surface area contributed by atoms with Crippen molar-refractivity contribution in [3.63, 3.8) is 0 Å². The first kappa shape index (κ1) is 16.7. The molecule has 0 aliphatic heterocycles. The molecule has 0 aromatic heterocycles. The third kappa shape index (κ3) is 3.20. The molecule has 0 fully saturated rings. The van der Waals surface area contributed by atoms with Crippen molar-refractivity contribution >= 4 is 0 Å². The van der Waals surface area contributed by atoms with Crippen LogP contribution in [0.1, 0.15) is 60.5 Å². The van der Waals surface area contributed by atoms with Crippen LogP contribution < -0.4 is 0 Å². The van der Waals surface area contributed by atoms with Gasteiger partial charge in [-0.3, -0.25) is 0 Å². The molecule has 1 aromatic rings. The molecule has 0 saturated carbocycles. The normalized spacial score (nSPS) is 15.9. The average Bonchev–Trinajstić information content (AvgIpc) is 2.21. The van der Waals surface area contributed by atoms with Gasteiger partial charge in [0.1, 0.15) is 0 Å². The molecule has 0 aliphatic carbocycles. The molecule has 0 heterocycles. The summed E-state index contributed by atoms with van der Waals surface area (Å²) in [4.78, 5) is 0. The molecular formula is C17H28O3. The number of rotatable bonds is 2. The molecule has 0 bridgehead atoms. The summed E-state index contributed by atoms with van der Waals surface area (Å²) in [5, 5.41) is 29.1. The molecule has 0 aliphatic rings. The molecule has 114 valence electrons. The smallest absolute Gasteiger partial charge is 0.200 e. The van der Waals surface area contributed by atoms with E-state index in [0.29, 0.717) is 0 Å². The quantitative estimate of drug-likeness (QED) is 0.697. The summed E-state index contributed by atoms with van der Waals surface area (Å²) in [5.41, 5.74) is 0.641. The molecule has 0 spiro atoms. The third-order valence-corrected chi connectivity index (χ3v) is 4.25. The highest BCUT2D eigenvalue weighted by Crippen LogP contribution is 2.51. The second kappa shape index (κ2) is 4.87. The van der Waals surface area contributed by atoms with Crippen LogP contribution >= 0.6 is 0 Å². The molecule has 1 rings (SSSR count). The Balaban J connectivity index is 3.47. The van der Waals surface area contributed by atoms with Gasteiger partial charge in [0, 0.05) is 0 Å². The van der Waals surface area contributed by atoms with Gasteiger partial charge in [0.2, 0.25) is 0 Å². The topological polar surface area (TPSA) is 60.7 Å². The minimum atomic E-state index is -0.458. The van der Waals surface area contributed by atoms with E-state index < -0.39 is 5.75 Å². The Morgan fingerprint density at radius 2 is 1.20 bits per heavy atom. The Morgan fingerprint density at radius 3 is 1.50 bits per heavy atom. The number of benzene rings is 1. The SMILES string of the molecule is CC(C)(C)CC(C)(c1cc(O)c(O)c(O)c1)C(C)(C)C. The van der Waals surface area contributed by atoms with Gasteiger partial charge in [-0.05, 0) is 40.4 Å². The van der Waals surface area contributed by atoms with Crippen molar-refractivity contribution in [3.8, 4) is 17.2 Å². The maximum absolute atomic E-state index is 9.80. The van der Waals surface area contributed by atoms with Gasteiger partial charge >= 0.3 is 0 Å². The average molecular weight is 280 g/mol. The first-order valence-corrected chi connectivity index (χ1v) is 7.03. The summed E-state index contributed by atoms with van der Waals surface area (Å²) in [6.45, 7) is 15.1. The van der Waals surface area contributed by atoms with Gasteiger partial charge in [-0.2, -0.15) is 0 Å². The molecule has 3 N–H and O–H groups in total. The van der Waals surface area contributed by atoms with Crippen molar-refractivity contribution in [3.05, 3.63) is 17.7 Å². The Labute approximate surface area is 122 Å². The van der Waals surface area contributed by atoms with Crippen LogP contribution in [0.25, 0.3) is 0 Å². The zero-order valence-corrected chi connectivity index (χ0v) is 13.7. The molecular weight excluding hydrogens is 252 g/mol. The van der Waals surface area contributed by atoms with Gasteiger partial charge < -0.3 is 15.3 Å². The lowest BCUT2D eigenvalue weighted by atomic mass is 9.58. The number of phenolic OH excluding ortho intramolecular Hbond substituents is 3. The van der Waals surface area contributed by atoms with E-state index >= 15 is 0 Å². The first-order valence-electron chi connectivity index (χ1n) is 7.03. The van der Waals surface area contributed by atoms with E-state index in [1.807, 2.05) is 0 Å². The van der Waals surface area contributed by atoms with Crippen molar-refractivity contribution in [1.82, 2.24) is 0 Å². The maximum Gasteiger partial charge on any atom is 0.200 e. The molecule has 1 atom stereocenters. The maximum atomic E-state index is 9.80.